The van der Waals surface area contributed by atoms with Crippen LogP contribution in [0.3, 0.4) is 0 Å². The van der Waals surface area contributed by atoms with E-state index < -0.39 is 0 Å². The van der Waals surface area contributed by atoms with E-state index in [-0.39, 0.29) is 0 Å². The summed E-state index contributed by atoms with van der Waals surface area (Å²) in [4.78, 5) is 8.31. The lowest BCUT2D eigenvalue weighted by Gasteiger charge is -2.08. The SMILES string of the molecule is CC(C)CCc1cc(NCCN)nc(N)n1. The van der Waals surface area contributed by atoms with Gasteiger partial charge in [-0.05, 0) is 18.8 Å². The number of aromatic nitrogens is 2. The van der Waals surface area contributed by atoms with Gasteiger partial charge in [0.05, 0.1) is 0 Å². The third-order valence-electron chi connectivity index (χ3n) is 2.22. The van der Waals surface area contributed by atoms with Gasteiger partial charge in [0.2, 0.25) is 5.95 Å². The number of hydrogen-bond donors (Lipinski definition) is 3. The zero-order valence-corrected chi connectivity index (χ0v) is 10.0. The van der Waals surface area contributed by atoms with Crippen molar-refractivity contribution in [2.75, 3.05) is 24.1 Å². The molecule has 0 unspecified atom stereocenters. The van der Waals surface area contributed by atoms with Gasteiger partial charge < -0.3 is 16.8 Å². The summed E-state index contributed by atoms with van der Waals surface area (Å²) in [6.45, 7) is 5.65. The predicted molar refractivity (Wildman–Crippen MR) is 67.1 cm³/mol. The number of aryl methyl sites for hydroxylation is 1. The Morgan fingerprint density at radius 1 is 1.38 bits per heavy atom. The van der Waals surface area contributed by atoms with Crippen molar-refractivity contribution in [3.05, 3.63) is 11.8 Å². The molecule has 1 aromatic rings. The van der Waals surface area contributed by atoms with Crippen molar-refractivity contribution in [3.63, 3.8) is 0 Å². The van der Waals surface area contributed by atoms with Crippen molar-refractivity contribution in [1.29, 1.82) is 0 Å². The van der Waals surface area contributed by atoms with E-state index in [4.69, 9.17) is 11.5 Å². The highest BCUT2D eigenvalue weighted by Crippen LogP contribution is 2.12. The Labute approximate surface area is 96.7 Å². The molecule has 90 valence electrons. The van der Waals surface area contributed by atoms with Gasteiger partial charge in [-0.2, -0.15) is 4.98 Å². The van der Waals surface area contributed by atoms with Gasteiger partial charge in [-0.1, -0.05) is 13.8 Å². The first-order valence-corrected chi connectivity index (χ1v) is 5.69. The molecular formula is C11H21N5. The predicted octanol–water partition coefficient (Wildman–Crippen LogP) is 1.02. The number of nitrogens with two attached hydrogens (primary N) is 2. The minimum Gasteiger partial charge on any atom is -0.369 e. The number of anilines is 2. The molecular weight excluding hydrogens is 202 g/mol. The minimum atomic E-state index is 0.320. The number of hydrogen-bond acceptors (Lipinski definition) is 5. The van der Waals surface area contributed by atoms with Gasteiger partial charge in [0.25, 0.3) is 0 Å². The summed E-state index contributed by atoms with van der Waals surface area (Å²) in [5.74, 6) is 1.74. The molecule has 5 heteroatoms. The molecule has 0 spiro atoms. The van der Waals surface area contributed by atoms with Crippen LogP contribution in [-0.2, 0) is 6.42 Å². The van der Waals surface area contributed by atoms with E-state index in [1.807, 2.05) is 6.07 Å². The topological polar surface area (TPSA) is 89.8 Å². The van der Waals surface area contributed by atoms with E-state index in [9.17, 15) is 0 Å². The summed E-state index contributed by atoms with van der Waals surface area (Å²) in [6, 6.07) is 1.94. The van der Waals surface area contributed by atoms with E-state index >= 15 is 0 Å². The van der Waals surface area contributed by atoms with Gasteiger partial charge in [-0.25, -0.2) is 4.98 Å². The Kier molecular flexibility index (Phi) is 4.98. The quantitative estimate of drug-likeness (QED) is 0.670. The third kappa shape index (κ3) is 4.44. The molecule has 0 bridgehead atoms. The van der Waals surface area contributed by atoms with Crippen LogP contribution in [0.5, 0.6) is 0 Å². The van der Waals surface area contributed by atoms with Crippen LogP contribution >= 0.6 is 0 Å². The highest BCUT2D eigenvalue weighted by atomic mass is 15.1. The normalized spacial score (nSPS) is 10.8. The molecule has 5 N–H and O–H groups in total. The molecule has 0 fully saturated rings. The second kappa shape index (κ2) is 6.27. The van der Waals surface area contributed by atoms with Crippen molar-refractivity contribution in [3.8, 4) is 0 Å². The maximum absolute atomic E-state index is 5.64. The molecule has 0 amide bonds. The first-order valence-electron chi connectivity index (χ1n) is 5.69. The molecule has 0 saturated heterocycles. The van der Waals surface area contributed by atoms with Gasteiger partial charge >= 0.3 is 0 Å². The summed E-state index contributed by atoms with van der Waals surface area (Å²) in [7, 11) is 0. The van der Waals surface area contributed by atoms with Crippen LogP contribution in [-0.4, -0.2) is 23.1 Å². The standard InChI is InChI=1S/C11H21N5/c1-8(2)3-4-9-7-10(14-6-5-12)16-11(13)15-9/h7-8H,3-6,12H2,1-2H3,(H3,13,14,15,16). The highest BCUT2D eigenvalue weighted by molar-refractivity contribution is 5.40. The summed E-state index contributed by atoms with van der Waals surface area (Å²) < 4.78 is 0. The van der Waals surface area contributed by atoms with Crippen LogP contribution in [0.15, 0.2) is 6.07 Å². The second-order valence-electron chi connectivity index (χ2n) is 4.25. The lowest BCUT2D eigenvalue weighted by molar-refractivity contribution is 0.581. The first-order chi connectivity index (χ1) is 7.61. The summed E-state index contributed by atoms with van der Waals surface area (Å²) in [6.07, 6.45) is 2.04. The van der Waals surface area contributed by atoms with Crippen molar-refractivity contribution in [2.45, 2.75) is 26.7 Å². The van der Waals surface area contributed by atoms with Gasteiger partial charge in [0, 0.05) is 24.8 Å². The molecule has 0 radical (unpaired) electrons. The number of nitrogens with one attached hydrogen (secondary N) is 1. The first kappa shape index (κ1) is 12.7. The van der Waals surface area contributed by atoms with E-state index in [1.54, 1.807) is 0 Å². The van der Waals surface area contributed by atoms with Crippen LogP contribution < -0.4 is 16.8 Å². The third-order valence-corrected chi connectivity index (χ3v) is 2.22. The number of nitrogens with zero attached hydrogens (tertiary/aromatic N) is 2. The van der Waals surface area contributed by atoms with Crippen molar-refractivity contribution < 1.29 is 0 Å². The van der Waals surface area contributed by atoms with Gasteiger partial charge in [-0.3, -0.25) is 0 Å². The molecule has 16 heavy (non-hydrogen) atoms. The summed E-state index contributed by atoms with van der Waals surface area (Å²) in [5.41, 5.74) is 12.0. The Morgan fingerprint density at radius 3 is 2.75 bits per heavy atom. The molecule has 5 nitrogen and oxygen atoms in total. The van der Waals surface area contributed by atoms with E-state index in [0.717, 1.165) is 24.4 Å². The Morgan fingerprint density at radius 2 is 2.12 bits per heavy atom. The van der Waals surface area contributed by atoms with Crippen LogP contribution in [0.25, 0.3) is 0 Å². The van der Waals surface area contributed by atoms with Gasteiger partial charge in [0.1, 0.15) is 5.82 Å². The smallest absolute Gasteiger partial charge is 0.222 e. The van der Waals surface area contributed by atoms with Crippen molar-refractivity contribution >= 4 is 11.8 Å². The average Bonchev–Trinajstić information content (AvgIpc) is 2.23. The Balaban J connectivity index is 2.65. The minimum absolute atomic E-state index is 0.320. The van der Waals surface area contributed by atoms with Crippen LogP contribution in [0, 0.1) is 5.92 Å². The summed E-state index contributed by atoms with van der Waals surface area (Å²) in [5, 5.41) is 3.11. The lowest BCUT2D eigenvalue weighted by Crippen LogP contribution is -2.15. The van der Waals surface area contributed by atoms with Crippen LogP contribution in [0.1, 0.15) is 26.0 Å². The molecule has 0 saturated carbocycles. The molecule has 0 aliphatic carbocycles. The van der Waals surface area contributed by atoms with E-state index in [2.05, 4.69) is 29.1 Å². The molecule has 1 rings (SSSR count). The molecule has 1 aromatic heterocycles. The van der Waals surface area contributed by atoms with Gasteiger partial charge in [-0.15, -0.1) is 0 Å². The van der Waals surface area contributed by atoms with Gasteiger partial charge in [0.15, 0.2) is 0 Å². The van der Waals surface area contributed by atoms with Crippen LogP contribution in [0.4, 0.5) is 11.8 Å². The molecule has 0 aromatic carbocycles. The second-order valence-corrected chi connectivity index (χ2v) is 4.25. The fraction of sp³-hybridized carbons (Fsp3) is 0.636. The maximum Gasteiger partial charge on any atom is 0.222 e. The Bertz CT molecular complexity index is 324. The lowest BCUT2D eigenvalue weighted by atomic mass is 10.1. The van der Waals surface area contributed by atoms with Crippen molar-refractivity contribution in [1.82, 2.24) is 9.97 Å². The van der Waals surface area contributed by atoms with Crippen molar-refractivity contribution in [2.24, 2.45) is 11.7 Å². The average molecular weight is 223 g/mol. The molecule has 0 atom stereocenters. The zero-order valence-electron chi connectivity index (χ0n) is 10.0. The fourth-order valence-electron chi connectivity index (χ4n) is 1.37. The summed E-state index contributed by atoms with van der Waals surface area (Å²) >= 11 is 0. The van der Waals surface area contributed by atoms with Crippen LogP contribution in [0.2, 0.25) is 0 Å². The highest BCUT2D eigenvalue weighted by Gasteiger charge is 2.03. The number of rotatable bonds is 6. The largest absolute Gasteiger partial charge is 0.369 e. The fourth-order valence-corrected chi connectivity index (χ4v) is 1.37. The Hall–Kier alpha value is -1.36. The molecule has 0 aliphatic rings. The zero-order chi connectivity index (χ0) is 12.0. The monoisotopic (exact) mass is 223 g/mol. The van der Waals surface area contributed by atoms with E-state index in [0.29, 0.717) is 25.0 Å². The molecule has 0 aliphatic heterocycles. The maximum atomic E-state index is 5.64. The molecule has 1 heterocycles. The van der Waals surface area contributed by atoms with E-state index in [1.165, 1.54) is 0 Å². The number of nitrogen functional groups attached to an aromatic ring is 1.